The van der Waals surface area contributed by atoms with Crippen molar-refractivity contribution in [3.05, 3.63) is 47.9 Å². The number of oxazole rings is 1. The molecule has 0 atom stereocenters. The second kappa shape index (κ2) is 6.29. The zero-order valence-electron chi connectivity index (χ0n) is 16.5. The van der Waals surface area contributed by atoms with Gasteiger partial charge in [0.1, 0.15) is 5.52 Å². The number of benzene rings is 1. The smallest absolute Gasteiger partial charge is 0.298 e. The minimum absolute atomic E-state index is 0.00788. The Morgan fingerprint density at radius 2 is 1.79 bits per heavy atom. The van der Waals surface area contributed by atoms with Gasteiger partial charge in [0.25, 0.3) is 6.01 Å². The molecule has 1 aliphatic rings. The van der Waals surface area contributed by atoms with E-state index >= 15 is 0 Å². The number of hydrogen-bond donors (Lipinski definition) is 0. The van der Waals surface area contributed by atoms with Crippen LogP contribution >= 0.6 is 0 Å². The molecule has 5 rings (SSSR count). The number of piperidine rings is 1. The van der Waals surface area contributed by atoms with Crippen LogP contribution in [0.2, 0.25) is 0 Å². The molecule has 0 aliphatic carbocycles. The first-order valence-electron chi connectivity index (χ1n) is 9.82. The molecule has 0 radical (unpaired) electrons. The Morgan fingerprint density at radius 1 is 1.00 bits per heavy atom. The monoisotopic (exact) mass is 376 g/mol. The average Bonchev–Trinajstić information content (AvgIpc) is 3.31. The van der Waals surface area contributed by atoms with E-state index in [1.165, 1.54) is 0 Å². The Bertz CT molecular complexity index is 1100. The molecule has 1 aliphatic heterocycles. The van der Waals surface area contributed by atoms with Crippen molar-refractivity contribution in [3.63, 3.8) is 0 Å². The standard InChI is InChI=1S/C21H24N6O/c1-21(2,3)17-8-9-18-23-24-19(27(18)25-17)14-10-12-26(13-11-14)20-22-15-6-4-5-7-16(15)28-20/h4-9,14H,10-13H2,1-3H3. The molecule has 0 bridgehead atoms. The lowest BCUT2D eigenvalue weighted by atomic mass is 9.92. The number of nitrogens with zero attached hydrogens (tertiary/aromatic N) is 6. The second-order valence-electron chi connectivity index (χ2n) is 8.52. The van der Waals surface area contributed by atoms with Crippen molar-refractivity contribution in [1.29, 1.82) is 0 Å². The Balaban J connectivity index is 1.38. The Morgan fingerprint density at radius 3 is 2.54 bits per heavy atom. The highest BCUT2D eigenvalue weighted by molar-refractivity contribution is 5.74. The quantitative estimate of drug-likeness (QED) is 0.527. The van der Waals surface area contributed by atoms with Crippen LogP contribution in [0.3, 0.4) is 0 Å². The average molecular weight is 376 g/mol. The van der Waals surface area contributed by atoms with Gasteiger partial charge in [-0.2, -0.15) is 14.6 Å². The van der Waals surface area contributed by atoms with E-state index in [0.29, 0.717) is 11.9 Å². The summed E-state index contributed by atoms with van der Waals surface area (Å²) in [5, 5.41) is 13.6. The van der Waals surface area contributed by atoms with Gasteiger partial charge in [0.2, 0.25) is 0 Å². The SMILES string of the molecule is CC(C)(C)c1ccc2nnc(C3CCN(c4nc5ccccc5o4)CC3)n2n1. The predicted molar refractivity (Wildman–Crippen MR) is 108 cm³/mol. The zero-order chi connectivity index (χ0) is 19.3. The van der Waals surface area contributed by atoms with Crippen LogP contribution in [0.15, 0.2) is 40.8 Å². The summed E-state index contributed by atoms with van der Waals surface area (Å²) in [5.74, 6) is 1.29. The lowest BCUT2D eigenvalue weighted by Crippen LogP contribution is -2.33. The van der Waals surface area contributed by atoms with Gasteiger partial charge in [-0.1, -0.05) is 32.9 Å². The number of anilines is 1. The highest BCUT2D eigenvalue weighted by Crippen LogP contribution is 2.31. The van der Waals surface area contributed by atoms with Gasteiger partial charge < -0.3 is 9.32 Å². The number of para-hydroxylation sites is 2. The van der Waals surface area contributed by atoms with Crippen LogP contribution in [0, 0.1) is 0 Å². The molecule has 3 aromatic heterocycles. The van der Waals surface area contributed by atoms with Gasteiger partial charge in [-0.15, -0.1) is 10.2 Å². The summed E-state index contributed by atoms with van der Waals surface area (Å²) >= 11 is 0. The number of fused-ring (bicyclic) bond motifs is 2. The molecule has 1 fully saturated rings. The van der Waals surface area contributed by atoms with Crippen molar-refractivity contribution < 1.29 is 4.42 Å². The molecule has 0 N–H and O–H groups in total. The fourth-order valence-corrected chi connectivity index (χ4v) is 3.78. The minimum atomic E-state index is -0.00788. The Hall–Kier alpha value is -2.96. The lowest BCUT2D eigenvalue weighted by molar-refractivity contribution is 0.447. The molecule has 1 aromatic carbocycles. The molecule has 0 unspecified atom stereocenters. The molecule has 4 aromatic rings. The van der Waals surface area contributed by atoms with E-state index in [2.05, 4.69) is 40.9 Å². The molecule has 4 heterocycles. The number of aromatic nitrogens is 5. The van der Waals surface area contributed by atoms with Crippen molar-refractivity contribution in [1.82, 2.24) is 24.8 Å². The Labute approximate surface area is 163 Å². The van der Waals surface area contributed by atoms with Crippen molar-refractivity contribution in [3.8, 4) is 0 Å². The molecule has 144 valence electrons. The van der Waals surface area contributed by atoms with E-state index < -0.39 is 0 Å². The summed E-state index contributed by atoms with van der Waals surface area (Å²) in [6.07, 6.45) is 1.95. The fraction of sp³-hybridized carbons (Fsp3) is 0.429. The van der Waals surface area contributed by atoms with Gasteiger partial charge in [0.05, 0.1) is 5.69 Å². The van der Waals surface area contributed by atoms with E-state index in [4.69, 9.17) is 9.52 Å². The maximum Gasteiger partial charge on any atom is 0.298 e. The van der Waals surface area contributed by atoms with Crippen LogP contribution in [0.5, 0.6) is 0 Å². The van der Waals surface area contributed by atoms with Crippen LogP contribution < -0.4 is 4.90 Å². The molecule has 0 spiro atoms. The van der Waals surface area contributed by atoms with E-state index in [9.17, 15) is 0 Å². The molecule has 7 heteroatoms. The largest absolute Gasteiger partial charge is 0.423 e. The van der Waals surface area contributed by atoms with Gasteiger partial charge in [0, 0.05) is 24.4 Å². The predicted octanol–water partition coefficient (Wildman–Crippen LogP) is 3.95. The topological polar surface area (TPSA) is 72.4 Å². The summed E-state index contributed by atoms with van der Waals surface area (Å²) in [7, 11) is 0. The van der Waals surface area contributed by atoms with E-state index in [-0.39, 0.29) is 5.41 Å². The van der Waals surface area contributed by atoms with Crippen molar-refractivity contribution in [2.45, 2.75) is 44.9 Å². The highest BCUT2D eigenvalue weighted by Gasteiger charge is 2.28. The Kier molecular flexibility index (Phi) is 3.86. The van der Waals surface area contributed by atoms with Crippen molar-refractivity contribution in [2.24, 2.45) is 0 Å². The van der Waals surface area contributed by atoms with Gasteiger partial charge in [0.15, 0.2) is 17.1 Å². The van der Waals surface area contributed by atoms with Crippen LogP contribution in [-0.4, -0.2) is 37.9 Å². The van der Waals surface area contributed by atoms with Crippen molar-refractivity contribution >= 4 is 22.8 Å². The number of hydrogen-bond acceptors (Lipinski definition) is 6. The van der Waals surface area contributed by atoms with Crippen LogP contribution in [0.4, 0.5) is 6.01 Å². The zero-order valence-corrected chi connectivity index (χ0v) is 16.5. The summed E-state index contributed by atoms with van der Waals surface area (Å²) in [6.45, 7) is 8.27. The molecule has 7 nitrogen and oxygen atoms in total. The third kappa shape index (κ3) is 2.91. The molecular weight excluding hydrogens is 352 g/mol. The minimum Gasteiger partial charge on any atom is -0.423 e. The third-order valence-electron chi connectivity index (χ3n) is 5.47. The maximum atomic E-state index is 5.93. The third-order valence-corrected chi connectivity index (χ3v) is 5.47. The molecule has 0 saturated carbocycles. The normalized spacial score (nSPS) is 16.3. The summed E-state index contributed by atoms with van der Waals surface area (Å²) in [6, 6.07) is 12.7. The number of rotatable bonds is 2. The van der Waals surface area contributed by atoms with Gasteiger partial charge >= 0.3 is 0 Å². The highest BCUT2D eigenvalue weighted by atomic mass is 16.4. The van der Waals surface area contributed by atoms with Crippen LogP contribution in [-0.2, 0) is 5.41 Å². The second-order valence-corrected chi connectivity index (χ2v) is 8.52. The molecular formula is C21H24N6O. The summed E-state index contributed by atoms with van der Waals surface area (Å²) < 4.78 is 7.86. The maximum absolute atomic E-state index is 5.93. The van der Waals surface area contributed by atoms with Crippen LogP contribution in [0.25, 0.3) is 16.7 Å². The van der Waals surface area contributed by atoms with E-state index in [0.717, 1.165) is 54.2 Å². The first-order chi connectivity index (χ1) is 13.5. The molecule has 28 heavy (non-hydrogen) atoms. The van der Waals surface area contributed by atoms with Gasteiger partial charge in [-0.3, -0.25) is 0 Å². The first kappa shape index (κ1) is 17.2. The van der Waals surface area contributed by atoms with Gasteiger partial charge in [-0.25, -0.2) is 0 Å². The fourth-order valence-electron chi connectivity index (χ4n) is 3.78. The van der Waals surface area contributed by atoms with Gasteiger partial charge in [-0.05, 0) is 37.1 Å². The molecule has 1 saturated heterocycles. The molecule has 0 amide bonds. The van der Waals surface area contributed by atoms with Crippen molar-refractivity contribution in [2.75, 3.05) is 18.0 Å². The lowest BCUT2D eigenvalue weighted by Gasteiger charge is -2.29. The summed E-state index contributed by atoms with van der Waals surface area (Å²) in [4.78, 5) is 6.84. The first-order valence-corrected chi connectivity index (χ1v) is 9.82. The van der Waals surface area contributed by atoms with E-state index in [1.807, 2.05) is 40.9 Å². The van der Waals surface area contributed by atoms with Crippen LogP contribution in [0.1, 0.15) is 51.0 Å². The summed E-state index contributed by atoms with van der Waals surface area (Å²) in [5.41, 5.74) is 3.59. The van der Waals surface area contributed by atoms with E-state index in [1.54, 1.807) is 0 Å².